The summed E-state index contributed by atoms with van der Waals surface area (Å²) in [6.45, 7) is 6.42. The number of nitrogens with two attached hydrogens (primary N) is 1. The lowest BCUT2D eigenvalue weighted by molar-refractivity contribution is 0.0601. The van der Waals surface area contributed by atoms with Crippen LogP contribution in [0, 0.1) is 0 Å². The lowest BCUT2D eigenvalue weighted by atomic mass is 10.1. The van der Waals surface area contributed by atoms with Gasteiger partial charge in [0.15, 0.2) is 0 Å². The summed E-state index contributed by atoms with van der Waals surface area (Å²) in [4.78, 5) is 13.7. The van der Waals surface area contributed by atoms with Crippen LogP contribution in [0.15, 0.2) is 18.2 Å². The third-order valence-corrected chi connectivity index (χ3v) is 4.51. The van der Waals surface area contributed by atoms with Gasteiger partial charge >= 0.3 is 5.97 Å². The molecule has 1 aliphatic heterocycles. The molecule has 19 heavy (non-hydrogen) atoms. The van der Waals surface area contributed by atoms with E-state index in [9.17, 15) is 4.79 Å². The molecule has 1 saturated heterocycles. The van der Waals surface area contributed by atoms with E-state index in [1.165, 1.54) is 7.11 Å². The van der Waals surface area contributed by atoms with Crippen LogP contribution in [0.25, 0.3) is 0 Å². The van der Waals surface area contributed by atoms with Crippen LogP contribution in [0.1, 0.15) is 24.2 Å². The fourth-order valence-electron chi connectivity index (χ4n) is 2.31. The number of esters is 1. The highest BCUT2D eigenvalue weighted by Gasteiger charge is 2.28. The number of carbonyl (C=O) groups excluding carboxylic acids is 1. The minimum atomic E-state index is -0.354. The van der Waals surface area contributed by atoms with Gasteiger partial charge in [-0.15, -0.1) is 0 Å². The van der Waals surface area contributed by atoms with E-state index in [1.54, 1.807) is 12.1 Å². The predicted molar refractivity (Wildman–Crippen MR) is 80.9 cm³/mol. The van der Waals surface area contributed by atoms with Gasteiger partial charge in [0.1, 0.15) is 0 Å². The molecule has 2 N–H and O–H groups in total. The van der Waals surface area contributed by atoms with Gasteiger partial charge in [0, 0.05) is 23.6 Å². The molecule has 1 aliphatic rings. The van der Waals surface area contributed by atoms with Crippen LogP contribution >= 0.6 is 11.8 Å². The van der Waals surface area contributed by atoms with Crippen molar-refractivity contribution in [3.8, 4) is 0 Å². The number of anilines is 2. The van der Waals surface area contributed by atoms with E-state index >= 15 is 0 Å². The Labute approximate surface area is 118 Å². The summed E-state index contributed by atoms with van der Waals surface area (Å²) < 4.78 is 4.93. The summed E-state index contributed by atoms with van der Waals surface area (Å²) in [5.74, 6) is 0.735. The van der Waals surface area contributed by atoms with Crippen molar-refractivity contribution in [3.05, 3.63) is 23.8 Å². The Kier molecular flexibility index (Phi) is 3.94. The van der Waals surface area contributed by atoms with Crippen molar-refractivity contribution in [3.63, 3.8) is 0 Å². The Morgan fingerprint density at radius 2 is 2.21 bits per heavy atom. The third kappa shape index (κ3) is 3.15. The molecule has 0 aromatic heterocycles. The van der Waals surface area contributed by atoms with Gasteiger partial charge in [-0.3, -0.25) is 0 Å². The molecule has 1 aromatic carbocycles. The molecule has 0 aliphatic carbocycles. The molecular formula is C14H20N2O2S. The van der Waals surface area contributed by atoms with Crippen molar-refractivity contribution in [2.24, 2.45) is 0 Å². The molecule has 4 nitrogen and oxygen atoms in total. The number of rotatable bonds is 2. The lowest BCUT2D eigenvalue weighted by Gasteiger charge is -2.39. The Hall–Kier alpha value is -1.36. The van der Waals surface area contributed by atoms with Crippen LogP contribution in [0.3, 0.4) is 0 Å². The van der Waals surface area contributed by atoms with Gasteiger partial charge in [0.25, 0.3) is 0 Å². The number of thioether (sulfide) groups is 1. The predicted octanol–water partition coefficient (Wildman–Crippen LogP) is 2.39. The molecule has 0 unspecified atom stereocenters. The fourth-order valence-corrected chi connectivity index (χ4v) is 3.42. The molecule has 1 heterocycles. The van der Waals surface area contributed by atoms with Crippen molar-refractivity contribution >= 4 is 29.1 Å². The first-order valence-electron chi connectivity index (χ1n) is 6.30. The molecule has 2 rings (SSSR count). The summed E-state index contributed by atoms with van der Waals surface area (Å²) >= 11 is 1.98. The molecule has 0 radical (unpaired) electrons. The maximum absolute atomic E-state index is 11.5. The maximum Gasteiger partial charge on any atom is 0.337 e. The number of ether oxygens (including phenoxy) is 1. The molecule has 1 fully saturated rings. The van der Waals surface area contributed by atoms with Gasteiger partial charge in [-0.1, -0.05) is 0 Å². The molecule has 0 saturated carbocycles. The van der Waals surface area contributed by atoms with Crippen LogP contribution < -0.4 is 10.6 Å². The number of nitrogen functional groups attached to an aromatic ring is 1. The normalized spacial score (nSPS) is 18.2. The van der Waals surface area contributed by atoms with Crippen molar-refractivity contribution in [1.29, 1.82) is 0 Å². The van der Waals surface area contributed by atoms with Crippen molar-refractivity contribution in [1.82, 2.24) is 0 Å². The average Bonchev–Trinajstić information content (AvgIpc) is 2.36. The number of nitrogens with zero attached hydrogens (tertiary/aromatic N) is 1. The van der Waals surface area contributed by atoms with E-state index in [4.69, 9.17) is 10.5 Å². The SMILES string of the molecule is COC(=O)c1ccc(N2CCSC(C)(C)C2)c(N)c1. The van der Waals surface area contributed by atoms with Gasteiger partial charge in [-0.05, 0) is 32.0 Å². The lowest BCUT2D eigenvalue weighted by Crippen LogP contribution is -2.43. The number of carbonyl (C=O) groups is 1. The highest BCUT2D eigenvalue weighted by Crippen LogP contribution is 2.34. The zero-order valence-electron chi connectivity index (χ0n) is 11.6. The maximum atomic E-state index is 11.5. The monoisotopic (exact) mass is 280 g/mol. The quantitative estimate of drug-likeness (QED) is 0.666. The van der Waals surface area contributed by atoms with Crippen molar-refractivity contribution in [2.45, 2.75) is 18.6 Å². The first-order valence-corrected chi connectivity index (χ1v) is 7.28. The topological polar surface area (TPSA) is 55.6 Å². The number of methoxy groups -OCH3 is 1. The third-order valence-electron chi connectivity index (χ3n) is 3.21. The molecule has 5 heteroatoms. The average molecular weight is 280 g/mol. The van der Waals surface area contributed by atoms with Gasteiger partial charge in [0.05, 0.1) is 24.0 Å². The fraction of sp³-hybridized carbons (Fsp3) is 0.500. The van der Waals surface area contributed by atoms with Crippen molar-refractivity contribution in [2.75, 3.05) is 36.6 Å². The zero-order valence-corrected chi connectivity index (χ0v) is 12.4. The number of hydrogen-bond donors (Lipinski definition) is 1. The smallest absolute Gasteiger partial charge is 0.337 e. The molecular weight excluding hydrogens is 260 g/mol. The Bertz CT molecular complexity index is 488. The van der Waals surface area contributed by atoms with E-state index in [-0.39, 0.29) is 10.7 Å². The molecule has 0 amide bonds. The van der Waals surface area contributed by atoms with Crippen LogP contribution in [0.2, 0.25) is 0 Å². The van der Waals surface area contributed by atoms with Gasteiger partial charge in [0.2, 0.25) is 0 Å². The summed E-state index contributed by atoms with van der Waals surface area (Å²) in [6, 6.07) is 5.37. The van der Waals surface area contributed by atoms with Gasteiger partial charge in [-0.2, -0.15) is 11.8 Å². The molecule has 104 valence electrons. The Balaban J connectivity index is 2.23. The molecule has 0 atom stereocenters. The van der Waals surface area contributed by atoms with E-state index in [1.807, 2.05) is 17.8 Å². The number of benzene rings is 1. The first kappa shape index (κ1) is 14.1. The zero-order chi connectivity index (χ0) is 14.0. The van der Waals surface area contributed by atoms with E-state index in [0.29, 0.717) is 11.3 Å². The minimum absolute atomic E-state index is 0.228. The summed E-state index contributed by atoms with van der Waals surface area (Å²) in [6.07, 6.45) is 0. The van der Waals surface area contributed by atoms with Gasteiger partial charge in [-0.25, -0.2) is 4.79 Å². The second-order valence-electron chi connectivity index (χ2n) is 5.29. The second-order valence-corrected chi connectivity index (χ2v) is 7.10. The minimum Gasteiger partial charge on any atom is -0.465 e. The van der Waals surface area contributed by atoms with Gasteiger partial charge < -0.3 is 15.4 Å². The van der Waals surface area contributed by atoms with Crippen molar-refractivity contribution < 1.29 is 9.53 Å². The van der Waals surface area contributed by atoms with Crippen LogP contribution in [0.5, 0.6) is 0 Å². The summed E-state index contributed by atoms with van der Waals surface area (Å²) in [7, 11) is 1.37. The molecule has 0 spiro atoms. The Morgan fingerprint density at radius 3 is 2.79 bits per heavy atom. The van der Waals surface area contributed by atoms with Crippen LogP contribution in [-0.2, 0) is 4.74 Å². The molecule has 1 aromatic rings. The standard InChI is InChI=1S/C14H20N2O2S/c1-14(2)9-16(6-7-19-14)12-5-4-10(8-11(12)15)13(17)18-3/h4-5,8H,6-7,9,15H2,1-3H3. The number of hydrogen-bond acceptors (Lipinski definition) is 5. The van der Waals surface area contributed by atoms with Crippen LogP contribution in [0.4, 0.5) is 11.4 Å². The first-order chi connectivity index (χ1) is 8.93. The largest absolute Gasteiger partial charge is 0.465 e. The Morgan fingerprint density at radius 1 is 1.47 bits per heavy atom. The van der Waals surface area contributed by atoms with E-state index < -0.39 is 0 Å². The van der Waals surface area contributed by atoms with E-state index in [2.05, 4.69) is 18.7 Å². The second kappa shape index (κ2) is 5.33. The highest BCUT2D eigenvalue weighted by molar-refractivity contribution is 8.00. The molecule has 0 bridgehead atoms. The highest BCUT2D eigenvalue weighted by atomic mass is 32.2. The summed E-state index contributed by atoms with van der Waals surface area (Å²) in [5, 5.41) is 0. The van der Waals surface area contributed by atoms with Crippen LogP contribution in [-0.4, -0.2) is 36.7 Å². The summed E-state index contributed by atoms with van der Waals surface area (Å²) in [5.41, 5.74) is 8.20. The van der Waals surface area contributed by atoms with E-state index in [0.717, 1.165) is 24.5 Å².